The second kappa shape index (κ2) is 5.82. The van der Waals surface area contributed by atoms with E-state index in [2.05, 4.69) is 15.9 Å². The Morgan fingerprint density at radius 3 is 2.42 bits per heavy atom. The van der Waals surface area contributed by atoms with Gasteiger partial charge in [-0.15, -0.1) is 0 Å². The molecule has 19 heavy (non-hydrogen) atoms. The van der Waals surface area contributed by atoms with Crippen LogP contribution in [-0.2, 0) is 0 Å². The van der Waals surface area contributed by atoms with Crippen LogP contribution in [0, 0.1) is 0 Å². The molecule has 0 unspecified atom stereocenters. The molecule has 0 aliphatic carbocycles. The van der Waals surface area contributed by atoms with Crippen molar-refractivity contribution in [2.45, 2.75) is 0 Å². The Hall–Kier alpha value is -1.23. The number of carboxylic acid groups (broad SMARTS) is 1. The van der Waals surface area contributed by atoms with Gasteiger partial charge >= 0.3 is 5.97 Å². The lowest BCUT2D eigenvalue weighted by atomic mass is 10.2. The molecule has 2 aromatic rings. The summed E-state index contributed by atoms with van der Waals surface area (Å²) in [7, 11) is 0. The second-order valence-electron chi connectivity index (χ2n) is 3.62. The summed E-state index contributed by atoms with van der Waals surface area (Å²) >= 11 is 15.2. The van der Waals surface area contributed by atoms with Crippen LogP contribution in [0.25, 0.3) is 0 Å². The number of ether oxygens (including phenoxy) is 1. The van der Waals surface area contributed by atoms with Gasteiger partial charge in [0.05, 0.1) is 15.6 Å². The van der Waals surface area contributed by atoms with Crippen molar-refractivity contribution >= 4 is 45.1 Å². The summed E-state index contributed by atoms with van der Waals surface area (Å²) in [5.41, 5.74) is 0.0240. The lowest BCUT2D eigenvalue weighted by molar-refractivity contribution is 0.0697. The number of carboxylic acids is 1. The predicted octanol–water partition coefficient (Wildman–Crippen LogP) is 5.25. The van der Waals surface area contributed by atoms with Crippen LogP contribution in [0.3, 0.4) is 0 Å². The third-order valence-corrected chi connectivity index (χ3v) is 3.39. The molecule has 0 bridgehead atoms. The largest absolute Gasteiger partial charge is 0.478 e. The summed E-state index contributed by atoms with van der Waals surface area (Å²) in [4.78, 5) is 10.8. The van der Waals surface area contributed by atoms with E-state index in [-0.39, 0.29) is 10.6 Å². The maximum Gasteiger partial charge on any atom is 0.337 e. The molecular weight excluding hydrogens is 355 g/mol. The topological polar surface area (TPSA) is 46.5 Å². The maximum atomic E-state index is 10.8. The Labute approximate surface area is 127 Å². The van der Waals surface area contributed by atoms with Crippen LogP contribution in [-0.4, -0.2) is 11.1 Å². The summed E-state index contributed by atoms with van der Waals surface area (Å²) in [5.74, 6) is -0.207. The highest BCUT2D eigenvalue weighted by Gasteiger charge is 2.10. The molecule has 0 aliphatic rings. The summed E-state index contributed by atoms with van der Waals surface area (Å²) in [6.07, 6.45) is 0. The van der Waals surface area contributed by atoms with E-state index in [9.17, 15) is 4.79 Å². The SMILES string of the molecule is O=C(O)c1ccc(Oc2ccc(Br)cc2Cl)cc1Cl. The predicted molar refractivity (Wildman–Crippen MR) is 77.6 cm³/mol. The van der Waals surface area contributed by atoms with E-state index >= 15 is 0 Å². The van der Waals surface area contributed by atoms with E-state index in [1.54, 1.807) is 18.2 Å². The Morgan fingerprint density at radius 1 is 1.11 bits per heavy atom. The van der Waals surface area contributed by atoms with Gasteiger partial charge in [0.15, 0.2) is 0 Å². The first-order valence-corrected chi connectivity index (χ1v) is 6.68. The van der Waals surface area contributed by atoms with Crippen molar-refractivity contribution in [2.24, 2.45) is 0 Å². The summed E-state index contributed by atoms with van der Waals surface area (Å²) < 4.78 is 6.39. The van der Waals surface area contributed by atoms with Crippen LogP contribution in [0.4, 0.5) is 0 Å². The Bertz CT molecular complexity index is 644. The number of rotatable bonds is 3. The maximum absolute atomic E-state index is 10.8. The van der Waals surface area contributed by atoms with Gasteiger partial charge in [0.2, 0.25) is 0 Å². The molecule has 0 atom stereocenters. The van der Waals surface area contributed by atoms with Gasteiger partial charge in [-0.05, 0) is 30.3 Å². The van der Waals surface area contributed by atoms with Crippen molar-refractivity contribution < 1.29 is 14.6 Å². The molecule has 0 heterocycles. The molecule has 0 saturated carbocycles. The van der Waals surface area contributed by atoms with Gasteiger partial charge in [0.1, 0.15) is 11.5 Å². The van der Waals surface area contributed by atoms with E-state index in [0.717, 1.165) is 4.47 Å². The highest BCUT2D eigenvalue weighted by molar-refractivity contribution is 9.10. The summed E-state index contributed by atoms with van der Waals surface area (Å²) in [5, 5.41) is 9.42. The normalized spacial score (nSPS) is 10.3. The smallest absolute Gasteiger partial charge is 0.337 e. The summed E-state index contributed by atoms with van der Waals surface area (Å²) in [6, 6.07) is 9.52. The van der Waals surface area contributed by atoms with Crippen molar-refractivity contribution in [3.05, 3.63) is 56.5 Å². The van der Waals surface area contributed by atoms with Gasteiger partial charge in [-0.25, -0.2) is 4.79 Å². The van der Waals surface area contributed by atoms with Gasteiger partial charge in [0, 0.05) is 10.5 Å². The van der Waals surface area contributed by atoms with Gasteiger partial charge in [0.25, 0.3) is 0 Å². The first-order chi connectivity index (χ1) is 8.97. The molecular formula is C13H7BrCl2O3. The molecule has 0 saturated heterocycles. The third-order valence-electron chi connectivity index (χ3n) is 2.29. The van der Waals surface area contributed by atoms with Crippen LogP contribution in [0.5, 0.6) is 11.5 Å². The average Bonchev–Trinajstić information content (AvgIpc) is 2.32. The van der Waals surface area contributed by atoms with E-state index in [4.69, 9.17) is 33.0 Å². The zero-order valence-electron chi connectivity index (χ0n) is 9.36. The number of hydrogen-bond donors (Lipinski definition) is 1. The lowest BCUT2D eigenvalue weighted by Crippen LogP contribution is -1.97. The van der Waals surface area contributed by atoms with E-state index in [1.807, 2.05) is 0 Å². The molecule has 0 aliphatic heterocycles. The first-order valence-electron chi connectivity index (χ1n) is 5.13. The molecule has 0 fully saturated rings. The van der Waals surface area contributed by atoms with Crippen LogP contribution in [0.15, 0.2) is 40.9 Å². The Morgan fingerprint density at radius 2 is 1.84 bits per heavy atom. The second-order valence-corrected chi connectivity index (χ2v) is 5.35. The number of aromatic carboxylic acids is 1. The lowest BCUT2D eigenvalue weighted by Gasteiger charge is -2.09. The highest BCUT2D eigenvalue weighted by atomic mass is 79.9. The minimum Gasteiger partial charge on any atom is -0.478 e. The van der Waals surface area contributed by atoms with Crippen LogP contribution < -0.4 is 4.74 Å². The van der Waals surface area contributed by atoms with Crippen LogP contribution in [0.2, 0.25) is 10.0 Å². The molecule has 0 spiro atoms. The minimum atomic E-state index is -1.08. The fourth-order valence-corrected chi connectivity index (χ4v) is 2.38. The zero-order valence-corrected chi connectivity index (χ0v) is 12.5. The van der Waals surface area contributed by atoms with E-state index in [1.165, 1.54) is 18.2 Å². The van der Waals surface area contributed by atoms with Crippen LogP contribution in [0.1, 0.15) is 10.4 Å². The number of halogens is 3. The fourth-order valence-electron chi connectivity index (χ4n) is 1.42. The number of carbonyl (C=O) groups is 1. The highest BCUT2D eigenvalue weighted by Crippen LogP contribution is 2.33. The van der Waals surface area contributed by atoms with Crippen molar-refractivity contribution in [3.63, 3.8) is 0 Å². The van der Waals surface area contributed by atoms with Gasteiger partial charge < -0.3 is 9.84 Å². The molecule has 1 N–H and O–H groups in total. The van der Waals surface area contributed by atoms with Crippen molar-refractivity contribution in [1.29, 1.82) is 0 Å². The monoisotopic (exact) mass is 360 g/mol. The Balaban J connectivity index is 2.29. The van der Waals surface area contributed by atoms with Gasteiger partial charge in [-0.2, -0.15) is 0 Å². The molecule has 0 amide bonds. The van der Waals surface area contributed by atoms with Crippen molar-refractivity contribution in [2.75, 3.05) is 0 Å². The number of hydrogen-bond acceptors (Lipinski definition) is 2. The zero-order chi connectivity index (χ0) is 14.0. The molecule has 98 valence electrons. The standard InChI is InChI=1S/C13H7BrCl2O3/c14-7-1-4-12(11(16)5-7)19-8-2-3-9(13(17)18)10(15)6-8/h1-6H,(H,17,18). The minimum absolute atomic E-state index is 0.0240. The van der Waals surface area contributed by atoms with Gasteiger partial charge in [-0.3, -0.25) is 0 Å². The molecule has 2 aromatic carbocycles. The van der Waals surface area contributed by atoms with Crippen molar-refractivity contribution in [3.8, 4) is 11.5 Å². The fraction of sp³-hybridized carbons (Fsp3) is 0. The molecule has 0 aromatic heterocycles. The van der Waals surface area contributed by atoms with Gasteiger partial charge in [-0.1, -0.05) is 39.1 Å². The first kappa shape index (κ1) is 14.2. The van der Waals surface area contributed by atoms with Crippen LogP contribution >= 0.6 is 39.1 Å². The molecule has 6 heteroatoms. The molecule has 3 nitrogen and oxygen atoms in total. The third kappa shape index (κ3) is 3.41. The Kier molecular flexibility index (Phi) is 4.34. The molecule has 0 radical (unpaired) electrons. The van der Waals surface area contributed by atoms with E-state index < -0.39 is 5.97 Å². The summed E-state index contributed by atoms with van der Waals surface area (Å²) in [6.45, 7) is 0. The quantitative estimate of drug-likeness (QED) is 0.812. The van der Waals surface area contributed by atoms with E-state index in [0.29, 0.717) is 16.5 Å². The number of benzene rings is 2. The molecule has 2 rings (SSSR count). The average molecular weight is 362 g/mol. The van der Waals surface area contributed by atoms with Crippen molar-refractivity contribution in [1.82, 2.24) is 0 Å².